The van der Waals surface area contributed by atoms with Gasteiger partial charge in [-0.3, -0.25) is 10.1 Å². The van der Waals surface area contributed by atoms with Gasteiger partial charge in [0, 0.05) is 4.47 Å². The van der Waals surface area contributed by atoms with Gasteiger partial charge in [0.25, 0.3) is 0 Å². The quantitative estimate of drug-likeness (QED) is 0.585. The van der Waals surface area contributed by atoms with Gasteiger partial charge in [-0.05, 0) is 48.2 Å². The molecule has 160 valence electrons. The van der Waals surface area contributed by atoms with Crippen LogP contribution in [0.15, 0.2) is 53.3 Å². The van der Waals surface area contributed by atoms with Crippen LogP contribution in [0.3, 0.4) is 0 Å². The highest BCUT2D eigenvalue weighted by atomic mass is 79.9. The van der Waals surface area contributed by atoms with Gasteiger partial charge in [-0.15, -0.1) is 5.10 Å². The summed E-state index contributed by atoms with van der Waals surface area (Å²) in [5.41, 5.74) is 1.46. The van der Waals surface area contributed by atoms with Crippen molar-refractivity contribution in [3.8, 4) is 11.5 Å². The zero-order chi connectivity index (χ0) is 21.3. The Labute approximate surface area is 188 Å². The van der Waals surface area contributed by atoms with Crippen LogP contribution in [0.5, 0.6) is 11.5 Å². The van der Waals surface area contributed by atoms with Gasteiger partial charge < -0.3 is 9.47 Å². The lowest BCUT2D eigenvalue weighted by Gasteiger charge is -2.29. The van der Waals surface area contributed by atoms with Gasteiger partial charge >= 0.3 is 0 Å². The molecule has 0 atom stereocenters. The molecule has 7 nitrogen and oxygen atoms in total. The number of carbonyl (C=O) groups excluding carboxylic acids is 1. The second-order valence-corrected chi connectivity index (χ2v) is 8.91. The third kappa shape index (κ3) is 4.04. The van der Waals surface area contributed by atoms with E-state index in [2.05, 4.69) is 31.3 Å². The Hall–Kier alpha value is -2.87. The lowest BCUT2D eigenvalue weighted by molar-refractivity contribution is -0.121. The minimum absolute atomic E-state index is 0.0666. The summed E-state index contributed by atoms with van der Waals surface area (Å²) in [4.78, 5) is 17.7. The average molecular weight is 483 g/mol. The zero-order valence-electron chi connectivity index (χ0n) is 17.0. The molecular formula is C23H23BrN4O3. The summed E-state index contributed by atoms with van der Waals surface area (Å²) >= 11 is 3.44. The Kier molecular flexibility index (Phi) is 5.40. The third-order valence-electron chi connectivity index (χ3n) is 6.01. The fraction of sp³-hybridized carbons (Fsp3) is 0.348. The fourth-order valence-corrected chi connectivity index (χ4v) is 4.66. The van der Waals surface area contributed by atoms with Gasteiger partial charge in [-0.1, -0.05) is 47.0 Å². The summed E-state index contributed by atoms with van der Waals surface area (Å²) in [6, 6.07) is 13.9. The van der Waals surface area contributed by atoms with Crippen LogP contribution in [-0.4, -0.2) is 33.9 Å². The van der Waals surface area contributed by atoms with Gasteiger partial charge in [-0.2, -0.15) is 0 Å². The number of halogens is 1. The van der Waals surface area contributed by atoms with E-state index >= 15 is 0 Å². The first kappa shape index (κ1) is 20.1. The highest BCUT2D eigenvalue weighted by Gasteiger charge is 2.43. The summed E-state index contributed by atoms with van der Waals surface area (Å²) in [6.07, 6.45) is 5.24. The molecule has 0 radical (unpaired) electrons. The molecule has 5 rings (SSSR count). The van der Waals surface area contributed by atoms with Crippen molar-refractivity contribution in [1.82, 2.24) is 14.8 Å². The van der Waals surface area contributed by atoms with Gasteiger partial charge in [0.2, 0.25) is 11.9 Å². The minimum atomic E-state index is -0.604. The first-order chi connectivity index (χ1) is 15.1. The smallest absolute Gasteiger partial charge is 0.248 e. The monoisotopic (exact) mass is 482 g/mol. The van der Waals surface area contributed by atoms with E-state index in [1.807, 2.05) is 42.5 Å². The van der Waals surface area contributed by atoms with Crippen molar-refractivity contribution >= 4 is 27.8 Å². The van der Waals surface area contributed by atoms with E-state index in [0.717, 1.165) is 47.0 Å². The molecule has 1 aliphatic carbocycles. The molecule has 1 aliphatic heterocycles. The van der Waals surface area contributed by atoms with Crippen molar-refractivity contribution in [3.05, 3.63) is 64.4 Å². The van der Waals surface area contributed by atoms with Crippen molar-refractivity contribution < 1.29 is 14.3 Å². The van der Waals surface area contributed by atoms with Crippen LogP contribution in [0.1, 0.15) is 36.8 Å². The Morgan fingerprint density at radius 1 is 1.06 bits per heavy atom. The molecule has 8 heteroatoms. The first-order valence-corrected chi connectivity index (χ1v) is 11.3. The number of benzene rings is 2. The molecule has 1 saturated carbocycles. The summed E-state index contributed by atoms with van der Waals surface area (Å²) in [5, 5.41) is 7.41. The van der Waals surface area contributed by atoms with E-state index in [1.54, 1.807) is 11.0 Å². The third-order valence-corrected chi connectivity index (χ3v) is 6.53. The topological polar surface area (TPSA) is 78.3 Å². The molecular weight excluding hydrogens is 460 g/mol. The Morgan fingerprint density at radius 3 is 2.58 bits per heavy atom. The number of nitrogens with zero attached hydrogens (tertiary/aromatic N) is 3. The second-order valence-electron chi connectivity index (χ2n) is 7.99. The SMILES string of the molecule is O=C(Nc1ncn(Cc2ccc(Br)cc2)n1)C1(c2ccc3c(c2)OCCO3)CCCC1. The van der Waals surface area contributed by atoms with Gasteiger partial charge in [0.15, 0.2) is 11.5 Å². The van der Waals surface area contributed by atoms with E-state index < -0.39 is 5.41 Å². The van der Waals surface area contributed by atoms with Crippen molar-refractivity contribution in [2.45, 2.75) is 37.6 Å². The standard InChI is InChI=1S/C23H23BrN4O3/c24-18-6-3-16(4-7-18)14-28-15-25-22(27-28)26-21(29)23(9-1-2-10-23)17-5-8-19-20(13-17)31-12-11-30-19/h3-8,13,15H,1-2,9-12,14H2,(H,26,27,29). The molecule has 2 aliphatic rings. The highest BCUT2D eigenvalue weighted by Crippen LogP contribution is 2.44. The number of ether oxygens (including phenoxy) is 2. The second kappa shape index (κ2) is 8.34. The van der Waals surface area contributed by atoms with Crippen molar-refractivity contribution in [3.63, 3.8) is 0 Å². The number of aromatic nitrogens is 3. The van der Waals surface area contributed by atoms with Crippen LogP contribution in [0.4, 0.5) is 5.95 Å². The summed E-state index contributed by atoms with van der Waals surface area (Å²) in [7, 11) is 0. The van der Waals surface area contributed by atoms with Crippen LogP contribution in [-0.2, 0) is 16.8 Å². The zero-order valence-corrected chi connectivity index (χ0v) is 18.6. The molecule has 0 saturated heterocycles. The number of amides is 1. The highest BCUT2D eigenvalue weighted by molar-refractivity contribution is 9.10. The Morgan fingerprint density at radius 2 is 1.81 bits per heavy atom. The summed E-state index contributed by atoms with van der Waals surface area (Å²) in [6.45, 7) is 1.66. The summed E-state index contributed by atoms with van der Waals surface area (Å²) < 4.78 is 14.1. The molecule has 1 fully saturated rings. The normalized spacial score (nSPS) is 16.8. The minimum Gasteiger partial charge on any atom is -0.486 e. The van der Waals surface area contributed by atoms with Crippen LogP contribution in [0.2, 0.25) is 0 Å². The molecule has 0 bridgehead atoms. The molecule has 1 amide bonds. The molecule has 2 heterocycles. The van der Waals surface area contributed by atoms with E-state index in [1.165, 1.54) is 0 Å². The number of carbonyl (C=O) groups is 1. The molecule has 31 heavy (non-hydrogen) atoms. The van der Waals surface area contributed by atoms with Crippen LogP contribution in [0, 0.1) is 0 Å². The molecule has 2 aromatic carbocycles. The number of rotatable bonds is 5. The van der Waals surface area contributed by atoms with Crippen molar-refractivity contribution in [2.75, 3.05) is 18.5 Å². The maximum Gasteiger partial charge on any atom is 0.248 e. The number of hydrogen-bond acceptors (Lipinski definition) is 5. The van der Waals surface area contributed by atoms with Gasteiger partial charge in [-0.25, -0.2) is 9.67 Å². The van der Waals surface area contributed by atoms with E-state index in [-0.39, 0.29) is 5.91 Å². The number of fused-ring (bicyclic) bond motifs is 1. The van der Waals surface area contributed by atoms with E-state index in [4.69, 9.17) is 9.47 Å². The Balaban J connectivity index is 1.34. The lowest BCUT2D eigenvalue weighted by Crippen LogP contribution is -2.38. The first-order valence-electron chi connectivity index (χ1n) is 10.5. The predicted octanol–water partition coefficient (Wildman–Crippen LogP) is 4.31. The molecule has 0 unspecified atom stereocenters. The van der Waals surface area contributed by atoms with Gasteiger partial charge in [0.05, 0.1) is 12.0 Å². The average Bonchev–Trinajstić information content (AvgIpc) is 3.46. The number of nitrogens with one attached hydrogen (secondary N) is 1. The van der Waals surface area contributed by atoms with Crippen molar-refractivity contribution in [1.29, 1.82) is 0 Å². The van der Waals surface area contributed by atoms with Crippen LogP contribution >= 0.6 is 15.9 Å². The van der Waals surface area contributed by atoms with E-state index in [0.29, 0.717) is 31.5 Å². The lowest BCUT2D eigenvalue weighted by atomic mass is 9.78. The van der Waals surface area contributed by atoms with Crippen molar-refractivity contribution in [2.24, 2.45) is 0 Å². The largest absolute Gasteiger partial charge is 0.486 e. The molecule has 1 N–H and O–H groups in total. The predicted molar refractivity (Wildman–Crippen MR) is 119 cm³/mol. The van der Waals surface area contributed by atoms with Crippen LogP contribution < -0.4 is 14.8 Å². The molecule has 3 aromatic rings. The van der Waals surface area contributed by atoms with Crippen LogP contribution in [0.25, 0.3) is 0 Å². The molecule has 1 aromatic heterocycles. The van der Waals surface area contributed by atoms with Gasteiger partial charge in [0.1, 0.15) is 19.5 Å². The molecule has 0 spiro atoms. The fourth-order valence-electron chi connectivity index (χ4n) is 4.39. The maximum atomic E-state index is 13.4. The number of hydrogen-bond donors (Lipinski definition) is 1. The Bertz CT molecular complexity index is 1090. The van der Waals surface area contributed by atoms with E-state index in [9.17, 15) is 4.79 Å². The maximum absolute atomic E-state index is 13.4. The summed E-state index contributed by atoms with van der Waals surface area (Å²) in [5.74, 6) is 1.70. The number of anilines is 1.